The van der Waals surface area contributed by atoms with Crippen molar-refractivity contribution in [2.45, 2.75) is 13.8 Å². The average molecular weight is 300 g/mol. The van der Waals surface area contributed by atoms with Gasteiger partial charge in [-0.2, -0.15) is 0 Å². The first-order valence-corrected chi connectivity index (χ1v) is 6.13. The number of hydrogen-bond donors (Lipinski definition) is 0. The van der Waals surface area contributed by atoms with Gasteiger partial charge in [-0.05, 0) is 13.8 Å². The van der Waals surface area contributed by atoms with Crippen molar-refractivity contribution in [3.05, 3.63) is 32.1 Å². The first kappa shape index (κ1) is 10.7. The highest BCUT2D eigenvalue weighted by molar-refractivity contribution is 14.2. The molecule has 0 nitrogen and oxygen atoms in total. The van der Waals surface area contributed by atoms with Gasteiger partial charge in [0, 0.05) is 14.7 Å². The third-order valence-electron chi connectivity index (χ3n) is 1.84. The van der Waals surface area contributed by atoms with Crippen molar-refractivity contribution >= 4 is 25.2 Å². The Hall–Kier alpha value is -0.390. The van der Waals surface area contributed by atoms with Gasteiger partial charge >= 0.3 is 0 Å². The van der Waals surface area contributed by atoms with Gasteiger partial charge in [0.05, 0.1) is 0 Å². The van der Waals surface area contributed by atoms with Crippen molar-refractivity contribution in [2.75, 3.05) is 0 Å². The van der Waals surface area contributed by atoms with Crippen molar-refractivity contribution in [3.8, 4) is 0 Å². The molecule has 0 amide bonds. The highest BCUT2D eigenvalue weighted by Crippen LogP contribution is 2.26. The van der Waals surface area contributed by atoms with E-state index in [0.29, 0.717) is 0 Å². The van der Waals surface area contributed by atoms with Crippen molar-refractivity contribution < 1.29 is 13.2 Å². The average Bonchev–Trinajstić information content (AvgIpc) is 2.13. The molecule has 0 unspecified atom stereocenters. The van der Waals surface area contributed by atoms with Gasteiger partial charge in [0.2, 0.25) is 0 Å². The lowest BCUT2D eigenvalue weighted by Crippen LogP contribution is -2.01. The van der Waals surface area contributed by atoms with Crippen LogP contribution in [0.2, 0.25) is 0 Å². The van der Waals surface area contributed by atoms with Gasteiger partial charge in [0.1, 0.15) is 5.82 Å². The summed E-state index contributed by atoms with van der Waals surface area (Å²) in [4.78, 5) is 0. The first-order valence-electron chi connectivity index (χ1n) is 3.52. The molecule has 1 aromatic rings. The molecule has 1 aromatic carbocycles. The molecule has 4 heteroatoms. The summed E-state index contributed by atoms with van der Waals surface area (Å²) in [6.45, 7) is 2.61. The Morgan fingerprint density at radius 1 is 0.923 bits per heavy atom. The Kier molecular flexibility index (Phi) is 3.10. The number of halogens is 4. The third-order valence-corrected chi connectivity index (χ3v) is 3.88. The molecule has 0 fully saturated rings. The maximum atomic E-state index is 13.3. The van der Waals surface area contributed by atoms with Gasteiger partial charge in [-0.25, -0.2) is 13.2 Å². The Morgan fingerprint density at radius 2 is 1.38 bits per heavy atom. The predicted octanol–water partition coefficient (Wildman–Crippen LogP) is 3.29. The summed E-state index contributed by atoms with van der Waals surface area (Å²) in [5, 5.41) is 0. The molecule has 0 aliphatic heterocycles. The molecule has 0 spiro atoms. The van der Waals surface area contributed by atoms with Crippen LogP contribution in [0.15, 0.2) is 0 Å². The summed E-state index contributed by atoms with van der Waals surface area (Å²) in [7, 11) is 0. The fourth-order valence-electron chi connectivity index (χ4n) is 1.01. The van der Waals surface area contributed by atoms with E-state index in [9.17, 15) is 13.2 Å². The van der Waals surface area contributed by atoms with Gasteiger partial charge in [-0.3, -0.25) is 0 Å². The van der Waals surface area contributed by atoms with E-state index in [1.54, 1.807) is 0 Å². The second kappa shape index (κ2) is 3.77. The molecule has 0 aliphatic carbocycles. The van der Waals surface area contributed by atoms with Crippen LogP contribution in [-0.4, -0.2) is 4.51 Å². The second-order valence-corrected chi connectivity index (χ2v) is 4.48. The van der Waals surface area contributed by atoms with E-state index >= 15 is 0 Å². The van der Waals surface area contributed by atoms with E-state index in [-0.39, 0.29) is 14.7 Å². The zero-order valence-electron chi connectivity index (χ0n) is 7.22. The van der Waals surface area contributed by atoms with E-state index in [0.717, 1.165) is 0 Å². The first-order chi connectivity index (χ1) is 6.00. The van der Waals surface area contributed by atoms with Crippen LogP contribution in [-0.2, 0) is 0 Å². The predicted molar refractivity (Wildman–Crippen MR) is 55.6 cm³/mol. The lowest BCUT2D eigenvalue weighted by Gasteiger charge is -2.07. The van der Waals surface area contributed by atoms with Gasteiger partial charge < -0.3 is 0 Å². The summed E-state index contributed by atoms with van der Waals surface area (Å²) in [5.74, 6) is -2.67. The van der Waals surface area contributed by atoms with Gasteiger partial charge in [0.15, 0.2) is 11.6 Å². The quantitative estimate of drug-likeness (QED) is 0.551. The van der Waals surface area contributed by atoms with Gasteiger partial charge in [-0.15, -0.1) is 0 Å². The standard InChI is InChI=1S/C9H8F3I/c1-4-6(10)7(11)5(2)9(13-3)8(4)12/h3H2,1-2H3. The fraction of sp³-hybridized carbons (Fsp3) is 0.222. The molecule has 0 heterocycles. The zero-order valence-corrected chi connectivity index (χ0v) is 9.38. The molecule has 0 saturated heterocycles. The number of hydrogen-bond acceptors (Lipinski definition) is 0. The minimum atomic E-state index is -1.09. The molecule has 0 N–H and O–H groups in total. The lowest BCUT2D eigenvalue weighted by atomic mass is 10.1. The molecule has 0 aliphatic rings. The molecule has 13 heavy (non-hydrogen) atoms. The highest BCUT2D eigenvalue weighted by atomic mass is 127. The molecule has 0 atom stereocenters. The van der Waals surface area contributed by atoms with Crippen LogP contribution >= 0.6 is 20.7 Å². The lowest BCUT2D eigenvalue weighted by molar-refractivity contribution is 0.477. The molecule has 0 bridgehead atoms. The molecule has 72 valence electrons. The van der Waals surface area contributed by atoms with Crippen LogP contribution in [0.4, 0.5) is 13.2 Å². The topological polar surface area (TPSA) is 0 Å². The van der Waals surface area contributed by atoms with Crippen LogP contribution in [0.5, 0.6) is 0 Å². The summed E-state index contributed by atoms with van der Waals surface area (Å²) >= 11 is -0.812. The van der Waals surface area contributed by atoms with Crippen LogP contribution in [0, 0.1) is 34.9 Å². The fourth-order valence-corrected chi connectivity index (χ4v) is 2.56. The van der Waals surface area contributed by atoms with Crippen molar-refractivity contribution in [2.24, 2.45) is 0 Å². The van der Waals surface area contributed by atoms with E-state index in [2.05, 4.69) is 4.51 Å². The number of benzene rings is 1. The molecule has 0 radical (unpaired) electrons. The minimum Gasteiger partial charge on any atom is -0.205 e. The van der Waals surface area contributed by atoms with E-state index in [1.165, 1.54) is 13.8 Å². The van der Waals surface area contributed by atoms with Crippen LogP contribution in [0.1, 0.15) is 11.1 Å². The van der Waals surface area contributed by atoms with E-state index in [1.807, 2.05) is 0 Å². The van der Waals surface area contributed by atoms with Gasteiger partial charge in [-0.1, -0.05) is 25.2 Å². The minimum absolute atomic E-state index is 0.0587. The SMILES string of the molecule is C=Ic1c(C)c(F)c(F)c(C)c1F. The largest absolute Gasteiger partial charge is 0.205 e. The van der Waals surface area contributed by atoms with Crippen molar-refractivity contribution in [3.63, 3.8) is 0 Å². The Morgan fingerprint density at radius 3 is 1.85 bits per heavy atom. The summed E-state index contributed by atoms with van der Waals surface area (Å²) in [6.07, 6.45) is 0. The number of rotatable bonds is 1. The van der Waals surface area contributed by atoms with Crippen LogP contribution in [0.25, 0.3) is 0 Å². The third kappa shape index (κ3) is 1.63. The second-order valence-electron chi connectivity index (χ2n) is 2.64. The monoisotopic (exact) mass is 300 g/mol. The normalized spacial score (nSPS) is 10.5. The summed E-state index contributed by atoms with van der Waals surface area (Å²) in [5.41, 5.74) is -0.190. The molecule has 1 rings (SSSR count). The molecular formula is C9H8F3I. The van der Waals surface area contributed by atoms with Crippen LogP contribution in [0.3, 0.4) is 0 Å². The maximum absolute atomic E-state index is 13.3. The zero-order chi connectivity index (χ0) is 10.2. The Bertz CT molecular complexity index is 343. The van der Waals surface area contributed by atoms with Gasteiger partial charge in [0.25, 0.3) is 0 Å². The Balaban J connectivity index is 3.66. The smallest absolute Gasteiger partial charge is 0.164 e. The van der Waals surface area contributed by atoms with Crippen molar-refractivity contribution in [1.29, 1.82) is 0 Å². The molecule has 0 saturated carbocycles. The maximum Gasteiger partial charge on any atom is 0.164 e. The Labute approximate surface area is 84.5 Å². The van der Waals surface area contributed by atoms with E-state index < -0.39 is 38.2 Å². The summed E-state index contributed by atoms with van der Waals surface area (Å²) in [6, 6.07) is 0. The summed E-state index contributed by atoms with van der Waals surface area (Å²) < 4.78 is 43.1. The van der Waals surface area contributed by atoms with Crippen molar-refractivity contribution in [1.82, 2.24) is 0 Å². The van der Waals surface area contributed by atoms with E-state index in [4.69, 9.17) is 0 Å². The van der Waals surface area contributed by atoms with Crippen LogP contribution < -0.4 is 0 Å². The molecular weight excluding hydrogens is 292 g/mol. The molecule has 0 aromatic heterocycles. The highest BCUT2D eigenvalue weighted by Gasteiger charge is 2.18.